The summed E-state index contributed by atoms with van der Waals surface area (Å²) in [5, 5.41) is 10.2. The Balaban J connectivity index is 1.38. The first-order valence-electron chi connectivity index (χ1n) is 11.3. The number of pyridine rings is 2. The number of hydrogen-bond donors (Lipinski definition) is 1. The quantitative estimate of drug-likeness (QED) is 0.539. The van der Waals surface area contributed by atoms with E-state index < -0.39 is 11.4 Å². The molecule has 2 fully saturated rings. The fourth-order valence-electron chi connectivity index (χ4n) is 4.67. The number of carboxylic acid groups (broad SMARTS) is 1. The van der Waals surface area contributed by atoms with Gasteiger partial charge in [-0.05, 0) is 43.7 Å². The summed E-state index contributed by atoms with van der Waals surface area (Å²) >= 11 is 1.08. The van der Waals surface area contributed by atoms with E-state index in [-0.39, 0.29) is 22.7 Å². The van der Waals surface area contributed by atoms with Crippen LogP contribution in [-0.2, 0) is 9.53 Å². The summed E-state index contributed by atoms with van der Waals surface area (Å²) in [4.78, 5) is 48.1. The molecule has 3 aromatic heterocycles. The van der Waals surface area contributed by atoms with E-state index in [0.29, 0.717) is 47.6 Å². The SMILES string of the molecule is Cc1cc(N2CC(C(=O)CCC3CCCOC3)C2)nc2c1c(=O)c(C(=O)O)cn2-c1ncns1. The van der Waals surface area contributed by atoms with Crippen LogP contribution >= 0.6 is 11.5 Å². The van der Waals surface area contributed by atoms with Crippen LogP contribution in [0.1, 0.15) is 41.6 Å². The topological polar surface area (TPSA) is 128 Å². The third kappa shape index (κ3) is 4.21. The summed E-state index contributed by atoms with van der Waals surface area (Å²) in [6.45, 7) is 4.50. The summed E-state index contributed by atoms with van der Waals surface area (Å²) in [5.41, 5.74) is 0.0220. The van der Waals surface area contributed by atoms with Crippen molar-refractivity contribution >= 4 is 40.1 Å². The van der Waals surface area contributed by atoms with Gasteiger partial charge < -0.3 is 14.7 Å². The van der Waals surface area contributed by atoms with Gasteiger partial charge in [-0.25, -0.2) is 14.8 Å². The maximum atomic E-state index is 12.9. The van der Waals surface area contributed by atoms with Gasteiger partial charge in [0.25, 0.3) is 0 Å². The molecule has 0 aromatic carbocycles. The van der Waals surface area contributed by atoms with Crippen molar-refractivity contribution in [2.75, 3.05) is 31.2 Å². The van der Waals surface area contributed by atoms with Crippen molar-refractivity contribution < 1.29 is 19.4 Å². The number of ether oxygens (including phenoxy) is 1. The Morgan fingerprint density at radius 3 is 2.82 bits per heavy atom. The predicted molar refractivity (Wildman–Crippen MR) is 126 cm³/mol. The number of fused-ring (bicyclic) bond motifs is 1. The Labute approximate surface area is 199 Å². The summed E-state index contributed by atoms with van der Waals surface area (Å²) in [6.07, 6.45) is 6.27. The number of carboxylic acids is 1. The van der Waals surface area contributed by atoms with Crippen LogP contribution in [0.3, 0.4) is 0 Å². The molecule has 0 amide bonds. The van der Waals surface area contributed by atoms with Gasteiger partial charge in [-0.3, -0.25) is 14.2 Å². The summed E-state index contributed by atoms with van der Waals surface area (Å²) < 4.78 is 11.0. The highest BCUT2D eigenvalue weighted by atomic mass is 32.1. The van der Waals surface area contributed by atoms with E-state index in [1.807, 2.05) is 4.90 Å². The second kappa shape index (κ2) is 9.22. The minimum atomic E-state index is -1.31. The number of hydrogen-bond acceptors (Lipinski definition) is 9. The Morgan fingerprint density at radius 1 is 1.32 bits per heavy atom. The minimum Gasteiger partial charge on any atom is -0.477 e. The predicted octanol–water partition coefficient (Wildman–Crippen LogP) is 2.46. The zero-order valence-corrected chi connectivity index (χ0v) is 19.6. The van der Waals surface area contributed by atoms with Gasteiger partial charge in [0.1, 0.15) is 23.5 Å². The lowest BCUT2D eigenvalue weighted by molar-refractivity contribution is -0.124. The molecule has 178 valence electrons. The standard InChI is InChI=1S/C23H25N5O5S/c1-13-7-18(27-8-15(9-27)17(29)5-4-14-3-2-6-33-11-14)26-21-19(13)20(30)16(22(31)32)10-28(21)23-24-12-25-34-23/h7,10,12,14-15H,2-6,8-9,11H2,1H3,(H,31,32). The highest BCUT2D eigenvalue weighted by Crippen LogP contribution is 2.30. The van der Waals surface area contributed by atoms with Gasteiger partial charge in [-0.1, -0.05) is 0 Å². The highest BCUT2D eigenvalue weighted by Gasteiger charge is 2.34. The second-order valence-corrected chi connectivity index (χ2v) is 9.72. The molecular formula is C23H25N5O5S. The van der Waals surface area contributed by atoms with E-state index in [2.05, 4.69) is 9.36 Å². The van der Waals surface area contributed by atoms with Crippen LogP contribution in [0.5, 0.6) is 0 Å². The van der Waals surface area contributed by atoms with Crippen LogP contribution in [0.15, 0.2) is 23.4 Å². The zero-order chi connectivity index (χ0) is 23.8. The van der Waals surface area contributed by atoms with E-state index in [0.717, 1.165) is 44.0 Å². The van der Waals surface area contributed by atoms with Gasteiger partial charge in [0.15, 0.2) is 5.65 Å². The smallest absolute Gasteiger partial charge is 0.341 e. The van der Waals surface area contributed by atoms with Crippen LogP contribution < -0.4 is 10.3 Å². The van der Waals surface area contributed by atoms with Gasteiger partial charge in [0.2, 0.25) is 10.6 Å². The number of ketones is 1. The molecule has 0 spiro atoms. The molecular weight excluding hydrogens is 458 g/mol. The maximum Gasteiger partial charge on any atom is 0.341 e. The van der Waals surface area contributed by atoms with Crippen molar-refractivity contribution in [3.63, 3.8) is 0 Å². The molecule has 0 saturated carbocycles. The van der Waals surface area contributed by atoms with E-state index in [9.17, 15) is 19.5 Å². The maximum absolute atomic E-state index is 12.9. The first kappa shape index (κ1) is 22.6. The van der Waals surface area contributed by atoms with Crippen molar-refractivity contribution in [2.24, 2.45) is 11.8 Å². The minimum absolute atomic E-state index is 0.0259. The molecule has 0 radical (unpaired) electrons. The van der Waals surface area contributed by atoms with Crippen molar-refractivity contribution in [3.8, 4) is 5.13 Å². The third-order valence-electron chi connectivity index (χ3n) is 6.64. The van der Waals surface area contributed by atoms with Crippen LogP contribution in [0.4, 0.5) is 5.82 Å². The number of nitrogens with zero attached hydrogens (tertiary/aromatic N) is 5. The van der Waals surface area contributed by atoms with E-state index in [4.69, 9.17) is 9.72 Å². The van der Waals surface area contributed by atoms with E-state index in [1.54, 1.807) is 13.0 Å². The summed E-state index contributed by atoms with van der Waals surface area (Å²) in [7, 11) is 0. The number of carbonyl (C=O) groups excluding carboxylic acids is 1. The van der Waals surface area contributed by atoms with Gasteiger partial charge in [0.05, 0.1) is 11.3 Å². The van der Waals surface area contributed by atoms with Crippen LogP contribution in [0.25, 0.3) is 16.2 Å². The molecule has 0 aliphatic carbocycles. The monoisotopic (exact) mass is 483 g/mol. The first-order valence-corrected chi connectivity index (χ1v) is 12.1. The fourth-order valence-corrected chi connectivity index (χ4v) is 5.18. The molecule has 10 nitrogen and oxygen atoms in total. The first-order chi connectivity index (χ1) is 16.4. The van der Waals surface area contributed by atoms with Gasteiger partial charge in [-0.15, -0.1) is 0 Å². The van der Waals surface area contributed by atoms with Crippen LogP contribution in [0, 0.1) is 18.8 Å². The summed E-state index contributed by atoms with van der Waals surface area (Å²) in [6, 6.07) is 1.78. The molecule has 5 rings (SSSR count). The van der Waals surface area contributed by atoms with Crippen LogP contribution in [-0.4, -0.2) is 62.1 Å². The Kier molecular flexibility index (Phi) is 6.13. The zero-order valence-electron chi connectivity index (χ0n) is 18.8. The lowest BCUT2D eigenvalue weighted by atomic mass is 9.88. The Hall–Kier alpha value is -3.18. The number of anilines is 1. The number of aromatic nitrogens is 4. The van der Waals surface area contributed by atoms with Gasteiger partial charge >= 0.3 is 5.97 Å². The van der Waals surface area contributed by atoms with Crippen molar-refractivity contribution in [1.29, 1.82) is 0 Å². The van der Waals surface area contributed by atoms with Crippen molar-refractivity contribution in [1.82, 2.24) is 18.9 Å². The molecule has 5 heterocycles. The average molecular weight is 484 g/mol. The number of Topliss-reactive ketones (excluding diaryl/α,β-unsaturated/α-hetero) is 1. The lowest BCUT2D eigenvalue weighted by Crippen LogP contribution is -2.51. The van der Waals surface area contributed by atoms with Crippen molar-refractivity contribution in [2.45, 2.75) is 32.6 Å². The molecule has 3 aromatic rings. The molecule has 1 atom stereocenters. The average Bonchev–Trinajstić information content (AvgIpc) is 3.32. The van der Waals surface area contributed by atoms with Gasteiger partial charge in [0, 0.05) is 50.5 Å². The van der Waals surface area contributed by atoms with E-state index >= 15 is 0 Å². The van der Waals surface area contributed by atoms with Gasteiger partial charge in [-0.2, -0.15) is 4.37 Å². The fraction of sp³-hybridized carbons (Fsp3) is 0.478. The molecule has 2 aliphatic heterocycles. The molecule has 1 N–H and O–H groups in total. The molecule has 2 saturated heterocycles. The second-order valence-electron chi connectivity index (χ2n) is 8.96. The summed E-state index contributed by atoms with van der Waals surface area (Å²) in [5.74, 6) is 0.0673. The number of carbonyl (C=O) groups is 2. The normalized spacial score (nSPS) is 18.7. The molecule has 1 unspecified atom stereocenters. The third-order valence-corrected chi connectivity index (χ3v) is 7.31. The number of rotatable bonds is 7. The largest absolute Gasteiger partial charge is 0.477 e. The highest BCUT2D eigenvalue weighted by molar-refractivity contribution is 7.08. The Morgan fingerprint density at radius 2 is 2.15 bits per heavy atom. The molecule has 0 bridgehead atoms. The number of aryl methyl sites for hydroxylation is 1. The van der Waals surface area contributed by atoms with E-state index in [1.165, 1.54) is 17.1 Å². The lowest BCUT2D eigenvalue weighted by Gasteiger charge is -2.39. The molecule has 11 heteroatoms. The number of aromatic carboxylic acids is 1. The molecule has 34 heavy (non-hydrogen) atoms. The Bertz CT molecular complexity index is 1290. The van der Waals surface area contributed by atoms with Crippen molar-refractivity contribution in [3.05, 3.63) is 39.9 Å². The van der Waals surface area contributed by atoms with Crippen LogP contribution in [0.2, 0.25) is 0 Å². The molecule has 2 aliphatic rings.